The summed E-state index contributed by atoms with van der Waals surface area (Å²) in [5, 5.41) is 0.748. The average molecular weight is 260 g/mol. The van der Waals surface area contributed by atoms with Gasteiger partial charge < -0.3 is 5.73 Å². The van der Waals surface area contributed by atoms with Gasteiger partial charge in [0, 0.05) is 10.6 Å². The lowest BCUT2D eigenvalue weighted by Gasteiger charge is -2.25. The molecular weight excluding hydrogens is 242 g/mol. The van der Waals surface area contributed by atoms with Crippen LogP contribution in [0.2, 0.25) is 5.02 Å². The topological polar surface area (TPSA) is 26.0 Å². The minimum absolute atomic E-state index is 0.319. The molecule has 1 atom stereocenters. The molecule has 1 nitrogen and oxygen atoms in total. The first-order valence-corrected chi connectivity index (χ1v) is 6.54. The lowest BCUT2D eigenvalue weighted by Crippen LogP contribution is -2.33. The van der Waals surface area contributed by atoms with Gasteiger partial charge in [-0.25, -0.2) is 0 Å². The zero-order valence-electron chi connectivity index (χ0n) is 10.6. The Hall–Kier alpha value is -1.31. The molecule has 2 aromatic carbocycles. The highest BCUT2D eigenvalue weighted by molar-refractivity contribution is 6.30. The van der Waals surface area contributed by atoms with Crippen molar-refractivity contribution in [1.29, 1.82) is 0 Å². The molecule has 0 heterocycles. The Kier molecular flexibility index (Phi) is 4.05. The van der Waals surface area contributed by atoms with Crippen molar-refractivity contribution in [1.82, 2.24) is 0 Å². The van der Waals surface area contributed by atoms with Gasteiger partial charge in [-0.2, -0.15) is 0 Å². The SMILES string of the molecule is CC(N)(CCc1ccccc1)c1ccc(Cl)cc1. The lowest BCUT2D eigenvalue weighted by atomic mass is 9.87. The van der Waals surface area contributed by atoms with Crippen molar-refractivity contribution >= 4 is 11.6 Å². The summed E-state index contributed by atoms with van der Waals surface area (Å²) in [6.45, 7) is 2.07. The van der Waals surface area contributed by atoms with Crippen LogP contribution in [0, 0.1) is 0 Å². The minimum atomic E-state index is -0.319. The maximum Gasteiger partial charge on any atom is 0.0406 e. The van der Waals surface area contributed by atoms with Crippen LogP contribution in [0.4, 0.5) is 0 Å². The van der Waals surface area contributed by atoms with Crippen LogP contribution in [0.5, 0.6) is 0 Å². The molecule has 0 amide bonds. The van der Waals surface area contributed by atoms with Crippen molar-refractivity contribution in [2.45, 2.75) is 25.3 Å². The molecule has 0 aliphatic carbocycles. The van der Waals surface area contributed by atoms with Gasteiger partial charge in [0.15, 0.2) is 0 Å². The molecule has 0 radical (unpaired) electrons. The number of halogens is 1. The summed E-state index contributed by atoms with van der Waals surface area (Å²) in [6.07, 6.45) is 1.90. The third kappa shape index (κ3) is 3.34. The maximum absolute atomic E-state index is 6.39. The minimum Gasteiger partial charge on any atom is -0.322 e. The Bertz CT molecular complexity index is 488. The van der Waals surface area contributed by atoms with E-state index < -0.39 is 0 Å². The summed E-state index contributed by atoms with van der Waals surface area (Å²) >= 11 is 5.89. The molecule has 0 aliphatic heterocycles. The van der Waals surface area contributed by atoms with E-state index in [1.54, 1.807) is 0 Å². The van der Waals surface area contributed by atoms with E-state index in [1.807, 2.05) is 30.3 Å². The number of nitrogens with two attached hydrogens (primary N) is 1. The van der Waals surface area contributed by atoms with E-state index in [4.69, 9.17) is 17.3 Å². The zero-order valence-corrected chi connectivity index (χ0v) is 11.3. The molecule has 0 fully saturated rings. The molecule has 0 bridgehead atoms. The van der Waals surface area contributed by atoms with Crippen LogP contribution >= 0.6 is 11.6 Å². The van der Waals surface area contributed by atoms with E-state index in [9.17, 15) is 0 Å². The Balaban J connectivity index is 2.05. The number of benzene rings is 2. The fraction of sp³-hybridized carbons (Fsp3) is 0.250. The number of hydrogen-bond donors (Lipinski definition) is 1. The van der Waals surface area contributed by atoms with Gasteiger partial charge in [-0.1, -0.05) is 54.1 Å². The first-order chi connectivity index (χ1) is 8.58. The second-order valence-electron chi connectivity index (χ2n) is 4.91. The Labute approximate surface area is 114 Å². The van der Waals surface area contributed by atoms with Crippen molar-refractivity contribution in [3.63, 3.8) is 0 Å². The van der Waals surface area contributed by atoms with E-state index in [2.05, 4.69) is 31.2 Å². The molecule has 0 aliphatic rings. The predicted molar refractivity (Wildman–Crippen MR) is 77.8 cm³/mol. The van der Waals surface area contributed by atoms with Crippen molar-refractivity contribution < 1.29 is 0 Å². The number of aryl methyl sites for hydroxylation is 1. The van der Waals surface area contributed by atoms with E-state index in [-0.39, 0.29) is 5.54 Å². The second-order valence-corrected chi connectivity index (χ2v) is 5.35. The fourth-order valence-corrected chi connectivity index (χ4v) is 2.15. The van der Waals surface area contributed by atoms with E-state index >= 15 is 0 Å². The normalized spacial score (nSPS) is 14.2. The number of hydrogen-bond acceptors (Lipinski definition) is 1. The molecule has 1 unspecified atom stereocenters. The molecule has 2 aromatic rings. The van der Waals surface area contributed by atoms with Crippen LogP contribution < -0.4 is 5.73 Å². The molecule has 18 heavy (non-hydrogen) atoms. The van der Waals surface area contributed by atoms with Crippen LogP contribution in [-0.2, 0) is 12.0 Å². The van der Waals surface area contributed by atoms with Crippen LogP contribution in [0.3, 0.4) is 0 Å². The van der Waals surface area contributed by atoms with E-state index in [1.165, 1.54) is 5.56 Å². The molecule has 2 N–H and O–H groups in total. The summed E-state index contributed by atoms with van der Waals surface area (Å²) < 4.78 is 0. The van der Waals surface area contributed by atoms with Crippen molar-refractivity contribution in [3.8, 4) is 0 Å². The fourth-order valence-electron chi connectivity index (χ4n) is 2.02. The summed E-state index contributed by atoms with van der Waals surface area (Å²) in [4.78, 5) is 0. The first kappa shape index (κ1) is 13.1. The highest BCUT2D eigenvalue weighted by Crippen LogP contribution is 2.24. The molecule has 2 rings (SSSR count). The Morgan fingerprint density at radius 3 is 2.22 bits per heavy atom. The highest BCUT2D eigenvalue weighted by Gasteiger charge is 2.20. The smallest absolute Gasteiger partial charge is 0.0406 e. The van der Waals surface area contributed by atoms with Crippen molar-refractivity contribution in [3.05, 3.63) is 70.7 Å². The summed E-state index contributed by atoms with van der Waals surface area (Å²) in [6, 6.07) is 18.2. The van der Waals surface area contributed by atoms with Crippen molar-refractivity contribution in [2.75, 3.05) is 0 Å². The standard InChI is InChI=1S/C16H18ClN/c1-16(18,14-7-9-15(17)10-8-14)12-11-13-5-3-2-4-6-13/h2-10H,11-12,18H2,1H3. The van der Waals surface area contributed by atoms with Gasteiger partial charge in [-0.3, -0.25) is 0 Å². The molecular formula is C16H18ClN. The van der Waals surface area contributed by atoms with Gasteiger partial charge in [-0.15, -0.1) is 0 Å². The van der Waals surface area contributed by atoms with Gasteiger partial charge in [0.1, 0.15) is 0 Å². The van der Waals surface area contributed by atoms with Gasteiger partial charge >= 0.3 is 0 Å². The molecule has 0 spiro atoms. The second kappa shape index (κ2) is 5.55. The highest BCUT2D eigenvalue weighted by atomic mass is 35.5. The Morgan fingerprint density at radius 2 is 1.61 bits per heavy atom. The quantitative estimate of drug-likeness (QED) is 0.877. The summed E-state index contributed by atoms with van der Waals surface area (Å²) in [7, 11) is 0. The molecule has 0 saturated carbocycles. The van der Waals surface area contributed by atoms with Crippen molar-refractivity contribution in [2.24, 2.45) is 5.73 Å². The third-order valence-electron chi connectivity index (χ3n) is 3.28. The number of rotatable bonds is 4. The lowest BCUT2D eigenvalue weighted by molar-refractivity contribution is 0.453. The van der Waals surface area contributed by atoms with E-state index in [0.717, 1.165) is 23.4 Å². The zero-order chi connectivity index (χ0) is 13.0. The molecule has 0 aromatic heterocycles. The van der Waals surface area contributed by atoms with Crippen LogP contribution in [0.25, 0.3) is 0 Å². The molecule has 2 heteroatoms. The first-order valence-electron chi connectivity index (χ1n) is 6.17. The van der Waals surface area contributed by atoms with Crippen LogP contribution in [-0.4, -0.2) is 0 Å². The van der Waals surface area contributed by atoms with Gasteiger partial charge in [0.05, 0.1) is 0 Å². The maximum atomic E-state index is 6.39. The van der Waals surface area contributed by atoms with E-state index in [0.29, 0.717) is 0 Å². The van der Waals surface area contributed by atoms with Crippen LogP contribution in [0.1, 0.15) is 24.5 Å². The third-order valence-corrected chi connectivity index (χ3v) is 3.53. The van der Waals surface area contributed by atoms with Gasteiger partial charge in [0.25, 0.3) is 0 Å². The summed E-state index contributed by atoms with van der Waals surface area (Å²) in [5.41, 5.74) is 8.52. The Morgan fingerprint density at radius 1 is 1.00 bits per heavy atom. The predicted octanol–water partition coefficient (Wildman–Crippen LogP) is 4.15. The molecule has 94 valence electrons. The van der Waals surface area contributed by atoms with Gasteiger partial charge in [-0.05, 0) is 43.0 Å². The van der Waals surface area contributed by atoms with Gasteiger partial charge in [0.2, 0.25) is 0 Å². The summed E-state index contributed by atoms with van der Waals surface area (Å²) in [5.74, 6) is 0. The monoisotopic (exact) mass is 259 g/mol. The largest absolute Gasteiger partial charge is 0.322 e. The van der Waals surface area contributed by atoms with Crippen LogP contribution in [0.15, 0.2) is 54.6 Å². The molecule has 0 saturated heterocycles. The average Bonchev–Trinajstić information content (AvgIpc) is 2.38.